The molecule has 1 aliphatic heterocycles. The minimum absolute atomic E-state index is 0.336. The molecule has 1 fully saturated rings. The highest BCUT2D eigenvalue weighted by atomic mass is 16.5. The van der Waals surface area contributed by atoms with E-state index in [0.717, 1.165) is 11.0 Å². The van der Waals surface area contributed by atoms with Gasteiger partial charge in [0, 0.05) is 26.0 Å². The van der Waals surface area contributed by atoms with E-state index in [2.05, 4.69) is 10.3 Å². The molecule has 106 valence electrons. The van der Waals surface area contributed by atoms with Gasteiger partial charge >= 0.3 is 5.97 Å². The monoisotopic (exact) mass is 276 g/mol. The molecule has 0 radical (unpaired) electrons. The largest absolute Gasteiger partial charge is 0.481 e. The Morgan fingerprint density at radius 2 is 2.20 bits per heavy atom. The van der Waals surface area contributed by atoms with E-state index in [1.165, 1.54) is 0 Å². The Labute approximate surface area is 115 Å². The number of aromatic nitrogens is 1. The van der Waals surface area contributed by atoms with E-state index in [1.807, 2.05) is 6.07 Å². The predicted molar refractivity (Wildman–Crippen MR) is 72.6 cm³/mol. The lowest BCUT2D eigenvalue weighted by atomic mass is 9.80. The van der Waals surface area contributed by atoms with E-state index in [4.69, 9.17) is 9.15 Å². The molecule has 6 heteroatoms. The van der Waals surface area contributed by atoms with Crippen molar-refractivity contribution in [3.63, 3.8) is 0 Å². The quantitative estimate of drug-likeness (QED) is 0.889. The van der Waals surface area contributed by atoms with Crippen LogP contribution in [0.25, 0.3) is 11.0 Å². The van der Waals surface area contributed by atoms with Crippen LogP contribution in [0.2, 0.25) is 0 Å². The molecule has 0 atom stereocenters. The molecule has 0 amide bonds. The summed E-state index contributed by atoms with van der Waals surface area (Å²) in [5.74, 6) is -0.129. The number of carboxylic acid groups (broad SMARTS) is 1. The maximum atomic E-state index is 11.6. The molecule has 0 spiro atoms. The van der Waals surface area contributed by atoms with Crippen LogP contribution in [0.4, 0.5) is 5.82 Å². The Kier molecular flexibility index (Phi) is 3.31. The SMILES string of the molecule is O=C(O)C1(CNc2nccc3occc23)CCOCC1. The van der Waals surface area contributed by atoms with Crippen molar-refractivity contribution in [2.45, 2.75) is 12.8 Å². The van der Waals surface area contributed by atoms with Crippen molar-refractivity contribution in [3.8, 4) is 0 Å². The first kappa shape index (κ1) is 12.9. The molecule has 3 rings (SSSR count). The molecule has 3 heterocycles. The van der Waals surface area contributed by atoms with Crippen LogP contribution < -0.4 is 5.32 Å². The molecular weight excluding hydrogens is 260 g/mol. The second-order valence-corrected chi connectivity index (χ2v) is 5.04. The average molecular weight is 276 g/mol. The van der Waals surface area contributed by atoms with Crippen LogP contribution in [-0.4, -0.2) is 35.8 Å². The standard InChI is InChI=1S/C14H16N2O4/c17-13(18)14(3-7-19-8-4-14)9-16-12-10-2-6-20-11(10)1-5-15-12/h1-2,5-6H,3-4,7-9H2,(H,15,16)(H,17,18). The number of hydrogen-bond acceptors (Lipinski definition) is 5. The number of carbonyl (C=O) groups is 1. The van der Waals surface area contributed by atoms with Gasteiger partial charge in [-0.1, -0.05) is 0 Å². The van der Waals surface area contributed by atoms with E-state index in [9.17, 15) is 9.90 Å². The van der Waals surface area contributed by atoms with Crippen molar-refractivity contribution in [2.24, 2.45) is 5.41 Å². The molecule has 0 aromatic carbocycles. The van der Waals surface area contributed by atoms with Crippen molar-refractivity contribution >= 4 is 22.8 Å². The summed E-state index contributed by atoms with van der Waals surface area (Å²) in [6, 6.07) is 3.60. The normalized spacial score (nSPS) is 18.0. The molecule has 6 nitrogen and oxygen atoms in total. The number of rotatable bonds is 4. The van der Waals surface area contributed by atoms with Gasteiger partial charge in [0.05, 0.1) is 17.1 Å². The Bertz CT molecular complexity index is 616. The number of ether oxygens (including phenoxy) is 1. The van der Waals surface area contributed by atoms with Crippen molar-refractivity contribution in [1.82, 2.24) is 4.98 Å². The minimum atomic E-state index is -0.786. The van der Waals surface area contributed by atoms with Crippen LogP contribution in [-0.2, 0) is 9.53 Å². The number of fused-ring (bicyclic) bond motifs is 1. The van der Waals surface area contributed by atoms with Gasteiger partial charge in [-0.2, -0.15) is 0 Å². The third-order valence-corrected chi connectivity index (χ3v) is 3.88. The highest BCUT2D eigenvalue weighted by Crippen LogP contribution is 2.32. The molecule has 0 saturated carbocycles. The first-order valence-corrected chi connectivity index (χ1v) is 6.58. The first-order chi connectivity index (χ1) is 9.71. The van der Waals surface area contributed by atoms with Crippen LogP contribution >= 0.6 is 0 Å². The Balaban J connectivity index is 1.80. The van der Waals surface area contributed by atoms with Gasteiger partial charge in [-0.25, -0.2) is 4.98 Å². The fraction of sp³-hybridized carbons (Fsp3) is 0.429. The van der Waals surface area contributed by atoms with E-state index >= 15 is 0 Å². The second kappa shape index (κ2) is 5.13. The van der Waals surface area contributed by atoms with Crippen LogP contribution in [0.1, 0.15) is 12.8 Å². The molecule has 20 heavy (non-hydrogen) atoms. The molecule has 2 aromatic heterocycles. The smallest absolute Gasteiger partial charge is 0.311 e. The number of nitrogens with zero attached hydrogens (tertiary/aromatic N) is 1. The number of nitrogens with one attached hydrogen (secondary N) is 1. The second-order valence-electron chi connectivity index (χ2n) is 5.04. The zero-order chi connectivity index (χ0) is 14.0. The van der Waals surface area contributed by atoms with Gasteiger partial charge in [-0.3, -0.25) is 4.79 Å². The van der Waals surface area contributed by atoms with Gasteiger partial charge in [0.25, 0.3) is 0 Å². The maximum Gasteiger partial charge on any atom is 0.311 e. The number of hydrogen-bond donors (Lipinski definition) is 2. The van der Waals surface area contributed by atoms with Gasteiger partial charge < -0.3 is 19.6 Å². The fourth-order valence-electron chi connectivity index (χ4n) is 2.52. The van der Waals surface area contributed by atoms with Crippen LogP contribution in [0.3, 0.4) is 0 Å². The van der Waals surface area contributed by atoms with Crippen molar-refractivity contribution < 1.29 is 19.1 Å². The lowest BCUT2D eigenvalue weighted by Gasteiger charge is -2.33. The summed E-state index contributed by atoms with van der Waals surface area (Å²) in [5.41, 5.74) is -0.0508. The van der Waals surface area contributed by atoms with Gasteiger partial charge in [0.1, 0.15) is 11.4 Å². The van der Waals surface area contributed by atoms with Crippen LogP contribution in [0.5, 0.6) is 0 Å². The average Bonchev–Trinajstić information content (AvgIpc) is 2.95. The molecular formula is C14H16N2O4. The van der Waals surface area contributed by atoms with Crippen molar-refractivity contribution in [1.29, 1.82) is 0 Å². The zero-order valence-corrected chi connectivity index (χ0v) is 11.0. The van der Waals surface area contributed by atoms with E-state index < -0.39 is 11.4 Å². The molecule has 2 N–H and O–H groups in total. The fourth-order valence-corrected chi connectivity index (χ4v) is 2.52. The number of carboxylic acids is 1. The predicted octanol–water partition coefficient (Wildman–Crippen LogP) is 2.12. The van der Waals surface area contributed by atoms with E-state index in [1.54, 1.807) is 18.5 Å². The third kappa shape index (κ3) is 2.22. The lowest BCUT2D eigenvalue weighted by Crippen LogP contribution is -2.42. The van der Waals surface area contributed by atoms with Gasteiger partial charge in [0.15, 0.2) is 0 Å². The molecule has 0 unspecified atom stereocenters. The summed E-state index contributed by atoms with van der Waals surface area (Å²) in [6.45, 7) is 1.30. The van der Waals surface area contributed by atoms with Gasteiger partial charge in [-0.05, 0) is 25.0 Å². The number of aliphatic carboxylic acids is 1. The Hall–Kier alpha value is -2.08. The highest BCUT2D eigenvalue weighted by Gasteiger charge is 2.40. The van der Waals surface area contributed by atoms with Crippen LogP contribution in [0.15, 0.2) is 29.0 Å². The van der Waals surface area contributed by atoms with E-state index in [0.29, 0.717) is 38.4 Å². The lowest BCUT2D eigenvalue weighted by molar-refractivity contribution is -0.153. The molecule has 1 saturated heterocycles. The Morgan fingerprint density at radius 1 is 1.40 bits per heavy atom. The van der Waals surface area contributed by atoms with Crippen molar-refractivity contribution in [3.05, 3.63) is 24.6 Å². The summed E-state index contributed by atoms with van der Waals surface area (Å²) >= 11 is 0. The summed E-state index contributed by atoms with van der Waals surface area (Å²) < 4.78 is 10.6. The minimum Gasteiger partial charge on any atom is -0.481 e. The maximum absolute atomic E-state index is 11.6. The van der Waals surface area contributed by atoms with Gasteiger partial charge in [0.2, 0.25) is 0 Å². The zero-order valence-electron chi connectivity index (χ0n) is 11.0. The number of anilines is 1. The summed E-state index contributed by atoms with van der Waals surface area (Å²) in [5, 5.41) is 13.5. The Morgan fingerprint density at radius 3 is 2.95 bits per heavy atom. The molecule has 2 aromatic rings. The first-order valence-electron chi connectivity index (χ1n) is 6.58. The van der Waals surface area contributed by atoms with E-state index in [-0.39, 0.29) is 0 Å². The molecule has 1 aliphatic rings. The van der Waals surface area contributed by atoms with Crippen LogP contribution in [0, 0.1) is 5.41 Å². The van der Waals surface area contributed by atoms with Crippen molar-refractivity contribution in [2.75, 3.05) is 25.1 Å². The molecule has 0 bridgehead atoms. The topological polar surface area (TPSA) is 84.6 Å². The highest BCUT2D eigenvalue weighted by molar-refractivity contribution is 5.88. The third-order valence-electron chi connectivity index (χ3n) is 3.88. The summed E-state index contributed by atoms with van der Waals surface area (Å²) in [7, 11) is 0. The summed E-state index contributed by atoms with van der Waals surface area (Å²) in [4.78, 5) is 15.8. The van der Waals surface area contributed by atoms with Gasteiger partial charge in [-0.15, -0.1) is 0 Å². The number of furan rings is 1. The summed E-state index contributed by atoms with van der Waals surface area (Å²) in [6.07, 6.45) is 4.26. The number of pyridine rings is 1. The molecule has 0 aliphatic carbocycles.